The van der Waals surface area contributed by atoms with E-state index in [0.717, 1.165) is 11.1 Å². The van der Waals surface area contributed by atoms with Crippen molar-refractivity contribution in [1.29, 1.82) is 0 Å². The van der Waals surface area contributed by atoms with Crippen molar-refractivity contribution in [3.63, 3.8) is 0 Å². The standard InChI is InChI=1S/C9H13N3O/c1-6-2-3-8(13)7(4-6)5-12-9(10)11/h2-4,13H,5H2,1H3,(H4,10,11,12). The first-order valence-corrected chi connectivity index (χ1v) is 3.93. The topological polar surface area (TPSA) is 84.6 Å². The number of phenolic OH excluding ortho intramolecular Hbond substituents is 1. The van der Waals surface area contributed by atoms with Gasteiger partial charge in [-0.3, -0.25) is 0 Å². The molecule has 0 aliphatic heterocycles. The van der Waals surface area contributed by atoms with Gasteiger partial charge < -0.3 is 16.6 Å². The van der Waals surface area contributed by atoms with Crippen LogP contribution in [0.5, 0.6) is 5.75 Å². The van der Waals surface area contributed by atoms with Gasteiger partial charge in [-0.15, -0.1) is 0 Å². The fraction of sp³-hybridized carbons (Fsp3) is 0.222. The Balaban J connectivity index is 2.87. The number of nitrogens with zero attached hydrogens (tertiary/aromatic N) is 1. The molecule has 0 aromatic heterocycles. The first kappa shape index (κ1) is 9.38. The maximum atomic E-state index is 9.40. The molecule has 13 heavy (non-hydrogen) atoms. The molecule has 0 saturated carbocycles. The molecule has 1 aromatic carbocycles. The molecule has 0 bridgehead atoms. The summed E-state index contributed by atoms with van der Waals surface area (Å²) >= 11 is 0. The number of hydrogen-bond acceptors (Lipinski definition) is 2. The number of aromatic hydroxyl groups is 1. The van der Waals surface area contributed by atoms with Crippen molar-refractivity contribution in [3.8, 4) is 5.75 Å². The van der Waals surface area contributed by atoms with Crippen LogP contribution < -0.4 is 11.5 Å². The second-order valence-corrected chi connectivity index (χ2v) is 2.87. The van der Waals surface area contributed by atoms with Crippen LogP contribution in [-0.4, -0.2) is 11.1 Å². The minimum atomic E-state index is 0.0286. The molecule has 5 N–H and O–H groups in total. The van der Waals surface area contributed by atoms with E-state index in [9.17, 15) is 5.11 Å². The van der Waals surface area contributed by atoms with E-state index in [-0.39, 0.29) is 11.7 Å². The third-order valence-corrected chi connectivity index (χ3v) is 1.67. The van der Waals surface area contributed by atoms with Crippen molar-refractivity contribution >= 4 is 5.96 Å². The van der Waals surface area contributed by atoms with E-state index in [2.05, 4.69) is 4.99 Å². The number of aliphatic imine (C=N–C) groups is 1. The molecule has 0 aliphatic rings. The zero-order valence-corrected chi connectivity index (χ0v) is 7.49. The van der Waals surface area contributed by atoms with E-state index >= 15 is 0 Å². The van der Waals surface area contributed by atoms with Crippen LogP contribution in [0, 0.1) is 6.92 Å². The van der Waals surface area contributed by atoms with Gasteiger partial charge >= 0.3 is 0 Å². The van der Waals surface area contributed by atoms with Gasteiger partial charge in [-0.2, -0.15) is 0 Å². The van der Waals surface area contributed by atoms with E-state index in [4.69, 9.17) is 11.5 Å². The molecule has 0 amide bonds. The molecule has 4 heteroatoms. The second kappa shape index (κ2) is 3.80. The summed E-state index contributed by atoms with van der Waals surface area (Å²) in [6.07, 6.45) is 0. The Labute approximate surface area is 76.9 Å². The fourth-order valence-electron chi connectivity index (χ4n) is 1.02. The number of nitrogens with two attached hydrogens (primary N) is 2. The largest absolute Gasteiger partial charge is 0.508 e. The molecule has 0 fully saturated rings. The molecular weight excluding hydrogens is 166 g/mol. The van der Waals surface area contributed by atoms with E-state index in [1.54, 1.807) is 6.07 Å². The molecule has 1 rings (SSSR count). The van der Waals surface area contributed by atoms with Crippen LogP contribution in [0.4, 0.5) is 0 Å². The van der Waals surface area contributed by atoms with Gasteiger partial charge in [0.1, 0.15) is 5.75 Å². The van der Waals surface area contributed by atoms with Gasteiger partial charge in [0.15, 0.2) is 5.96 Å². The number of phenols is 1. The third-order valence-electron chi connectivity index (χ3n) is 1.67. The van der Waals surface area contributed by atoms with Gasteiger partial charge in [-0.05, 0) is 13.0 Å². The summed E-state index contributed by atoms with van der Waals surface area (Å²) in [5.41, 5.74) is 12.1. The first-order chi connectivity index (χ1) is 6.09. The summed E-state index contributed by atoms with van der Waals surface area (Å²) in [6.45, 7) is 2.26. The molecule has 4 nitrogen and oxygen atoms in total. The zero-order chi connectivity index (χ0) is 9.84. The lowest BCUT2D eigenvalue weighted by Crippen LogP contribution is -2.22. The van der Waals surface area contributed by atoms with Crippen LogP contribution in [0.1, 0.15) is 11.1 Å². The van der Waals surface area contributed by atoms with Crippen LogP contribution in [0.2, 0.25) is 0 Å². The minimum absolute atomic E-state index is 0.0286. The number of hydrogen-bond donors (Lipinski definition) is 3. The summed E-state index contributed by atoms with van der Waals surface area (Å²) in [5.74, 6) is 0.247. The van der Waals surface area contributed by atoms with Crippen LogP contribution in [0.3, 0.4) is 0 Å². The van der Waals surface area contributed by atoms with Gasteiger partial charge in [-0.25, -0.2) is 4.99 Å². The Morgan fingerprint density at radius 1 is 1.46 bits per heavy atom. The van der Waals surface area contributed by atoms with Crippen LogP contribution in [-0.2, 0) is 6.54 Å². The normalized spacial score (nSPS) is 9.62. The van der Waals surface area contributed by atoms with Crippen molar-refractivity contribution < 1.29 is 5.11 Å². The maximum absolute atomic E-state index is 9.40. The average Bonchev–Trinajstić information content (AvgIpc) is 2.06. The Kier molecular flexibility index (Phi) is 2.74. The molecular formula is C9H13N3O. The van der Waals surface area contributed by atoms with E-state index in [0.29, 0.717) is 6.54 Å². The molecule has 70 valence electrons. The number of rotatable bonds is 2. The van der Waals surface area contributed by atoms with Crippen molar-refractivity contribution in [2.75, 3.05) is 0 Å². The van der Waals surface area contributed by atoms with Gasteiger partial charge in [0.25, 0.3) is 0 Å². The van der Waals surface area contributed by atoms with Crippen molar-refractivity contribution in [3.05, 3.63) is 29.3 Å². The molecule has 0 radical (unpaired) electrons. The quantitative estimate of drug-likeness (QED) is 0.456. The Morgan fingerprint density at radius 3 is 2.77 bits per heavy atom. The lowest BCUT2D eigenvalue weighted by atomic mass is 10.1. The molecule has 0 heterocycles. The highest BCUT2D eigenvalue weighted by Crippen LogP contribution is 2.18. The highest BCUT2D eigenvalue weighted by molar-refractivity contribution is 5.75. The fourth-order valence-corrected chi connectivity index (χ4v) is 1.02. The zero-order valence-electron chi connectivity index (χ0n) is 7.49. The van der Waals surface area contributed by atoms with Crippen molar-refractivity contribution in [1.82, 2.24) is 0 Å². The second-order valence-electron chi connectivity index (χ2n) is 2.87. The molecule has 0 aliphatic carbocycles. The van der Waals surface area contributed by atoms with Crippen LogP contribution in [0.25, 0.3) is 0 Å². The molecule has 0 atom stereocenters. The lowest BCUT2D eigenvalue weighted by molar-refractivity contribution is 0.468. The van der Waals surface area contributed by atoms with Crippen LogP contribution >= 0.6 is 0 Å². The van der Waals surface area contributed by atoms with E-state index < -0.39 is 0 Å². The number of guanidine groups is 1. The first-order valence-electron chi connectivity index (χ1n) is 3.93. The summed E-state index contributed by atoms with van der Waals surface area (Å²) in [4.78, 5) is 3.81. The minimum Gasteiger partial charge on any atom is -0.508 e. The molecule has 0 unspecified atom stereocenters. The average molecular weight is 179 g/mol. The van der Waals surface area contributed by atoms with E-state index in [1.807, 2.05) is 19.1 Å². The van der Waals surface area contributed by atoms with Gasteiger partial charge in [0, 0.05) is 5.56 Å². The van der Waals surface area contributed by atoms with E-state index in [1.165, 1.54) is 0 Å². The Hall–Kier alpha value is -1.71. The molecule has 1 aromatic rings. The Morgan fingerprint density at radius 2 is 2.15 bits per heavy atom. The molecule has 0 saturated heterocycles. The van der Waals surface area contributed by atoms with Gasteiger partial charge in [0.05, 0.1) is 6.54 Å². The predicted molar refractivity (Wildman–Crippen MR) is 52.4 cm³/mol. The van der Waals surface area contributed by atoms with Gasteiger partial charge in [-0.1, -0.05) is 17.7 Å². The number of benzene rings is 1. The smallest absolute Gasteiger partial charge is 0.186 e. The molecule has 0 spiro atoms. The lowest BCUT2D eigenvalue weighted by Gasteiger charge is -2.02. The van der Waals surface area contributed by atoms with Gasteiger partial charge in [0.2, 0.25) is 0 Å². The van der Waals surface area contributed by atoms with Crippen molar-refractivity contribution in [2.24, 2.45) is 16.5 Å². The summed E-state index contributed by atoms with van der Waals surface area (Å²) in [7, 11) is 0. The summed E-state index contributed by atoms with van der Waals surface area (Å²) in [6, 6.07) is 5.31. The number of aryl methyl sites for hydroxylation is 1. The monoisotopic (exact) mass is 179 g/mol. The Bertz CT molecular complexity index is 330. The third kappa shape index (κ3) is 2.66. The highest BCUT2D eigenvalue weighted by atomic mass is 16.3. The maximum Gasteiger partial charge on any atom is 0.186 e. The highest BCUT2D eigenvalue weighted by Gasteiger charge is 1.99. The predicted octanol–water partition coefficient (Wildman–Crippen LogP) is 0.474. The summed E-state index contributed by atoms with van der Waals surface area (Å²) in [5, 5.41) is 9.40. The SMILES string of the molecule is Cc1ccc(O)c(CN=C(N)N)c1. The van der Waals surface area contributed by atoms with Crippen LogP contribution in [0.15, 0.2) is 23.2 Å². The van der Waals surface area contributed by atoms with Crippen molar-refractivity contribution in [2.45, 2.75) is 13.5 Å². The summed E-state index contributed by atoms with van der Waals surface area (Å²) < 4.78 is 0.